The zero-order chi connectivity index (χ0) is 17.4. The molecule has 2 bridgehead atoms. The summed E-state index contributed by atoms with van der Waals surface area (Å²) in [6, 6.07) is 6.30. The van der Waals surface area contributed by atoms with Gasteiger partial charge in [0.25, 0.3) is 0 Å². The van der Waals surface area contributed by atoms with E-state index >= 15 is 0 Å². The average Bonchev–Trinajstić information content (AvgIpc) is 2.97. The lowest BCUT2D eigenvalue weighted by Gasteiger charge is -2.44. The Balaban J connectivity index is 1.48. The predicted molar refractivity (Wildman–Crippen MR) is 101 cm³/mol. The summed E-state index contributed by atoms with van der Waals surface area (Å²) in [6.07, 6.45) is 9.98. The standard InChI is InChI=1S/C21H30ClNO2/c1-25-20-8-7-17(22)14-18(20)21(24)9-11-23(12-10-21)19-4-2-3-15-5-6-16(19)13-15/h7-8,14-16,19,24H,2-6,9-13H2,1H3. The van der Waals surface area contributed by atoms with Gasteiger partial charge >= 0.3 is 0 Å². The molecule has 3 nitrogen and oxygen atoms in total. The van der Waals surface area contributed by atoms with Gasteiger partial charge in [-0.3, -0.25) is 4.90 Å². The van der Waals surface area contributed by atoms with Gasteiger partial charge in [-0.1, -0.05) is 30.9 Å². The number of piperidine rings is 1. The maximum Gasteiger partial charge on any atom is 0.125 e. The van der Waals surface area contributed by atoms with Gasteiger partial charge in [-0.2, -0.15) is 0 Å². The minimum Gasteiger partial charge on any atom is -0.496 e. The van der Waals surface area contributed by atoms with Gasteiger partial charge in [0.05, 0.1) is 12.7 Å². The molecule has 0 radical (unpaired) electrons. The number of benzene rings is 1. The number of likely N-dealkylation sites (tertiary alicyclic amines) is 1. The van der Waals surface area contributed by atoms with E-state index in [2.05, 4.69) is 4.90 Å². The summed E-state index contributed by atoms with van der Waals surface area (Å²) >= 11 is 6.19. The molecule has 1 heterocycles. The Kier molecular flexibility index (Phi) is 5.00. The van der Waals surface area contributed by atoms with Crippen LogP contribution in [0.2, 0.25) is 5.02 Å². The van der Waals surface area contributed by atoms with E-state index in [1.54, 1.807) is 7.11 Å². The Labute approximate surface area is 156 Å². The van der Waals surface area contributed by atoms with Crippen LogP contribution in [0.5, 0.6) is 5.75 Å². The SMILES string of the molecule is COc1ccc(Cl)cc1C1(O)CCN(C2CCCC3CCC2C3)CC1. The fourth-order valence-corrected chi connectivity index (χ4v) is 5.77. The summed E-state index contributed by atoms with van der Waals surface area (Å²) in [5, 5.41) is 12.0. The lowest BCUT2D eigenvalue weighted by Crippen LogP contribution is -2.49. The van der Waals surface area contributed by atoms with Crippen molar-refractivity contribution in [2.75, 3.05) is 20.2 Å². The molecule has 2 aliphatic carbocycles. The first-order valence-electron chi connectivity index (χ1n) is 9.89. The molecule has 25 heavy (non-hydrogen) atoms. The van der Waals surface area contributed by atoms with Crippen LogP contribution in [0.1, 0.15) is 56.9 Å². The van der Waals surface area contributed by atoms with E-state index in [1.165, 1.54) is 38.5 Å². The second kappa shape index (κ2) is 7.09. The monoisotopic (exact) mass is 363 g/mol. The normalized spacial score (nSPS) is 32.4. The minimum atomic E-state index is -0.824. The molecule has 4 rings (SSSR count). The highest BCUT2D eigenvalue weighted by molar-refractivity contribution is 6.30. The number of rotatable bonds is 3. The molecule has 4 heteroatoms. The third kappa shape index (κ3) is 3.43. The number of nitrogens with zero attached hydrogens (tertiary/aromatic N) is 1. The van der Waals surface area contributed by atoms with E-state index in [0.717, 1.165) is 55.1 Å². The molecule has 138 valence electrons. The number of halogens is 1. The fourth-order valence-electron chi connectivity index (χ4n) is 5.60. The summed E-state index contributed by atoms with van der Waals surface area (Å²) in [6.45, 7) is 1.94. The van der Waals surface area contributed by atoms with Crippen LogP contribution in [0.15, 0.2) is 18.2 Å². The quantitative estimate of drug-likeness (QED) is 0.851. The molecular weight excluding hydrogens is 334 g/mol. The highest BCUT2D eigenvalue weighted by Crippen LogP contribution is 2.45. The Morgan fingerprint density at radius 1 is 1.16 bits per heavy atom. The molecule has 2 saturated carbocycles. The number of methoxy groups -OCH3 is 1. The third-order valence-electron chi connectivity index (χ3n) is 7.00. The lowest BCUT2D eigenvalue weighted by molar-refractivity contribution is -0.0439. The van der Waals surface area contributed by atoms with Crippen LogP contribution < -0.4 is 4.74 Å². The van der Waals surface area contributed by atoms with E-state index in [4.69, 9.17) is 16.3 Å². The van der Waals surface area contributed by atoms with E-state index in [0.29, 0.717) is 5.02 Å². The van der Waals surface area contributed by atoms with Crippen LogP contribution >= 0.6 is 11.6 Å². The maximum atomic E-state index is 11.3. The first-order valence-corrected chi connectivity index (χ1v) is 10.3. The molecule has 1 aliphatic heterocycles. The van der Waals surface area contributed by atoms with E-state index in [9.17, 15) is 5.11 Å². The second-order valence-corrected chi connectivity index (χ2v) is 8.79. The zero-order valence-corrected chi connectivity index (χ0v) is 16.0. The lowest BCUT2D eigenvalue weighted by atomic mass is 9.82. The van der Waals surface area contributed by atoms with Crippen molar-refractivity contribution in [2.45, 2.75) is 63.0 Å². The van der Waals surface area contributed by atoms with Gasteiger partial charge in [0, 0.05) is 29.7 Å². The van der Waals surface area contributed by atoms with E-state index < -0.39 is 5.60 Å². The predicted octanol–water partition coefficient (Wildman–Crippen LogP) is 4.60. The summed E-state index contributed by atoms with van der Waals surface area (Å²) in [5.41, 5.74) is 0.0272. The maximum absolute atomic E-state index is 11.3. The minimum absolute atomic E-state index is 0.660. The van der Waals surface area contributed by atoms with Gasteiger partial charge in [-0.25, -0.2) is 0 Å². The highest BCUT2D eigenvalue weighted by atomic mass is 35.5. The molecular formula is C21H30ClNO2. The summed E-state index contributed by atoms with van der Waals surface area (Å²) in [7, 11) is 1.66. The van der Waals surface area contributed by atoms with Crippen molar-refractivity contribution in [1.29, 1.82) is 0 Å². The Morgan fingerprint density at radius 2 is 1.96 bits per heavy atom. The van der Waals surface area contributed by atoms with Crippen LogP contribution in [0, 0.1) is 11.8 Å². The largest absolute Gasteiger partial charge is 0.496 e. The van der Waals surface area contributed by atoms with Gasteiger partial charge < -0.3 is 9.84 Å². The summed E-state index contributed by atoms with van der Waals surface area (Å²) < 4.78 is 5.49. The van der Waals surface area contributed by atoms with Gasteiger partial charge in [-0.05, 0) is 62.1 Å². The molecule has 1 aromatic rings. The first kappa shape index (κ1) is 17.6. The highest BCUT2D eigenvalue weighted by Gasteiger charge is 2.41. The van der Waals surface area contributed by atoms with Crippen molar-refractivity contribution in [3.8, 4) is 5.75 Å². The Bertz CT molecular complexity index is 612. The molecule has 1 aromatic carbocycles. The Hall–Kier alpha value is -0.770. The number of hydrogen-bond acceptors (Lipinski definition) is 3. The van der Waals surface area contributed by atoms with Crippen LogP contribution in [0.25, 0.3) is 0 Å². The van der Waals surface area contributed by atoms with Gasteiger partial charge in [0.15, 0.2) is 0 Å². The van der Waals surface area contributed by atoms with Gasteiger partial charge in [0.1, 0.15) is 5.75 Å². The third-order valence-corrected chi connectivity index (χ3v) is 7.23. The molecule has 3 aliphatic rings. The van der Waals surface area contributed by atoms with Crippen LogP contribution in [-0.4, -0.2) is 36.2 Å². The fraction of sp³-hybridized carbons (Fsp3) is 0.714. The van der Waals surface area contributed by atoms with Gasteiger partial charge in [0.2, 0.25) is 0 Å². The van der Waals surface area contributed by atoms with Gasteiger partial charge in [-0.15, -0.1) is 0 Å². The van der Waals surface area contributed by atoms with Crippen LogP contribution in [-0.2, 0) is 5.60 Å². The number of aliphatic hydroxyl groups is 1. The molecule has 3 fully saturated rings. The molecule has 0 amide bonds. The number of fused-ring (bicyclic) bond motifs is 2. The van der Waals surface area contributed by atoms with Crippen molar-refractivity contribution >= 4 is 11.6 Å². The number of hydrogen-bond donors (Lipinski definition) is 1. The molecule has 3 atom stereocenters. The van der Waals surface area contributed by atoms with Crippen molar-refractivity contribution in [2.24, 2.45) is 11.8 Å². The van der Waals surface area contributed by atoms with Crippen LogP contribution in [0.3, 0.4) is 0 Å². The molecule has 1 saturated heterocycles. The van der Waals surface area contributed by atoms with E-state index in [1.807, 2.05) is 18.2 Å². The Morgan fingerprint density at radius 3 is 2.72 bits per heavy atom. The smallest absolute Gasteiger partial charge is 0.125 e. The summed E-state index contributed by atoms with van der Waals surface area (Å²) in [4.78, 5) is 2.67. The van der Waals surface area contributed by atoms with Crippen molar-refractivity contribution in [1.82, 2.24) is 4.90 Å². The van der Waals surface area contributed by atoms with Crippen molar-refractivity contribution < 1.29 is 9.84 Å². The molecule has 0 aromatic heterocycles. The van der Waals surface area contributed by atoms with E-state index in [-0.39, 0.29) is 0 Å². The number of ether oxygens (including phenoxy) is 1. The first-order chi connectivity index (χ1) is 12.1. The topological polar surface area (TPSA) is 32.7 Å². The average molecular weight is 364 g/mol. The molecule has 3 unspecified atom stereocenters. The zero-order valence-electron chi connectivity index (χ0n) is 15.2. The summed E-state index contributed by atoms with van der Waals surface area (Å²) in [5.74, 6) is 2.63. The van der Waals surface area contributed by atoms with Crippen molar-refractivity contribution in [3.63, 3.8) is 0 Å². The van der Waals surface area contributed by atoms with Crippen LogP contribution in [0.4, 0.5) is 0 Å². The van der Waals surface area contributed by atoms with Crippen molar-refractivity contribution in [3.05, 3.63) is 28.8 Å². The molecule has 1 N–H and O–H groups in total. The second-order valence-electron chi connectivity index (χ2n) is 8.35. The molecule has 0 spiro atoms.